The minimum atomic E-state index is -0.0464. The van der Waals surface area contributed by atoms with Crippen LogP contribution < -0.4 is 5.73 Å². The Morgan fingerprint density at radius 3 is 2.64 bits per heavy atom. The van der Waals surface area contributed by atoms with Crippen LogP contribution >= 0.6 is 0 Å². The third kappa shape index (κ3) is 4.08. The normalized spacial score (nSPS) is 19.4. The zero-order valence-electron chi connectivity index (χ0n) is 8.80. The van der Waals surface area contributed by atoms with Gasteiger partial charge in [-0.25, -0.2) is 0 Å². The van der Waals surface area contributed by atoms with Crippen LogP contribution in [0.4, 0.5) is 0 Å². The zero-order valence-corrected chi connectivity index (χ0v) is 8.80. The van der Waals surface area contributed by atoms with Crippen molar-refractivity contribution in [2.24, 2.45) is 5.73 Å². The van der Waals surface area contributed by atoms with Crippen molar-refractivity contribution in [3.8, 4) is 6.07 Å². The third-order valence-corrected chi connectivity index (χ3v) is 2.82. The SMILES string of the molecule is N#CCCCCOCC1(N)CCCC1. The van der Waals surface area contributed by atoms with Gasteiger partial charge in [-0.2, -0.15) is 5.26 Å². The first kappa shape index (κ1) is 11.5. The minimum absolute atomic E-state index is 0.0464. The van der Waals surface area contributed by atoms with Crippen LogP contribution in [0.2, 0.25) is 0 Å². The topological polar surface area (TPSA) is 59.0 Å². The number of nitriles is 1. The highest BCUT2D eigenvalue weighted by molar-refractivity contribution is 4.88. The fourth-order valence-electron chi connectivity index (χ4n) is 1.91. The summed E-state index contributed by atoms with van der Waals surface area (Å²) in [5.74, 6) is 0. The molecule has 1 aliphatic rings. The van der Waals surface area contributed by atoms with Crippen LogP contribution in [0.5, 0.6) is 0 Å². The Kier molecular flexibility index (Phi) is 4.92. The Bertz CT molecular complexity index is 192. The van der Waals surface area contributed by atoms with Crippen LogP contribution in [-0.2, 0) is 4.74 Å². The van der Waals surface area contributed by atoms with Gasteiger partial charge < -0.3 is 10.5 Å². The fraction of sp³-hybridized carbons (Fsp3) is 0.909. The van der Waals surface area contributed by atoms with Gasteiger partial charge in [0.05, 0.1) is 12.7 Å². The van der Waals surface area contributed by atoms with E-state index in [1.807, 2.05) is 0 Å². The molecule has 0 aromatic rings. The van der Waals surface area contributed by atoms with E-state index in [2.05, 4.69) is 6.07 Å². The molecule has 0 atom stereocenters. The van der Waals surface area contributed by atoms with Gasteiger partial charge in [0.2, 0.25) is 0 Å². The molecule has 0 aromatic carbocycles. The lowest BCUT2D eigenvalue weighted by Gasteiger charge is -2.22. The number of nitrogens with two attached hydrogens (primary N) is 1. The maximum atomic E-state index is 8.33. The van der Waals surface area contributed by atoms with Crippen molar-refractivity contribution in [1.82, 2.24) is 0 Å². The molecule has 1 rings (SSSR count). The number of rotatable bonds is 6. The van der Waals surface area contributed by atoms with Gasteiger partial charge in [-0.05, 0) is 25.7 Å². The zero-order chi connectivity index (χ0) is 10.3. The van der Waals surface area contributed by atoms with Gasteiger partial charge in [0.1, 0.15) is 0 Å². The molecule has 1 aliphatic carbocycles. The highest BCUT2D eigenvalue weighted by Gasteiger charge is 2.29. The molecule has 0 spiro atoms. The van der Waals surface area contributed by atoms with E-state index in [1.54, 1.807) is 0 Å². The lowest BCUT2D eigenvalue weighted by atomic mass is 10.0. The van der Waals surface area contributed by atoms with Gasteiger partial charge in [-0.1, -0.05) is 12.8 Å². The smallest absolute Gasteiger partial charge is 0.0646 e. The molecule has 0 saturated heterocycles. The quantitative estimate of drug-likeness (QED) is 0.661. The molecule has 1 fully saturated rings. The molecule has 0 amide bonds. The van der Waals surface area contributed by atoms with E-state index in [0.29, 0.717) is 13.0 Å². The molecule has 0 unspecified atom stereocenters. The summed E-state index contributed by atoms with van der Waals surface area (Å²) in [5, 5.41) is 8.33. The van der Waals surface area contributed by atoms with Crippen LogP contribution in [0.25, 0.3) is 0 Å². The largest absolute Gasteiger partial charge is 0.380 e. The monoisotopic (exact) mass is 196 g/mol. The Labute approximate surface area is 86.2 Å². The number of unbranched alkanes of at least 4 members (excludes halogenated alkanes) is 2. The molecule has 0 radical (unpaired) electrons. The van der Waals surface area contributed by atoms with E-state index in [-0.39, 0.29) is 5.54 Å². The molecule has 2 N–H and O–H groups in total. The van der Waals surface area contributed by atoms with Crippen molar-refractivity contribution in [2.75, 3.05) is 13.2 Å². The van der Waals surface area contributed by atoms with Gasteiger partial charge in [0.15, 0.2) is 0 Å². The molecule has 3 heteroatoms. The molecule has 1 saturated carbocycles. The summed E-state index contributed by atoms with van der Waals surface area (Å²) >= 11 is 0. The van der Waals surface area contributed by atoms with E-state index < -0.39 is 0 Å². The van der Waals surface area contributed by atoms with Gasteiger partial charge in [0.25, 0.3) is 0 Å². The second kappa shape index (κ2) is 6.00. The second-order valence-corrected chi connectivity index (χ2v) is 4.24. The molecule has 3 nitrogen and oxygen atoms in total. The molecule has 80 valence electrons. The predicted molar refractivity (Wildman–Crippen MR) is 55.7 cm³/mol. The predicted octanol–water partition coefficient (Wildman–Crippen LogP) is 1.97. The van der Waals surface area contributed by atoms with Crippen molar-refractivity contribution in [2.45, 2.75) is 50.5 Å². The van der Waals surface area contributed by atoms with Gasteiger partial charge in [-0.3, -0.25) is 0 Å². The van der Waals surface area contributed by atoms with Crippen molar-refractivity contribution in [3.05, 3.63) is 0 Å². The summed E-state index contributed by atoms with van der Waals surface area (Å²) in [6.45, 7) is 1.44. The molecule has 0 bridgehead atoms. The first-order valence-corrected chi connectivity index (χ1v) is 5.50. The average molecular weight is 196 g/mol. The van der Waals surface area contributed by atoms with Crippen LogP contribution in [-0.4, -0.2) is 18.8 Å². The summed E-state index contributed by atoms with van der Waals surface area (Å²) in [6.07, 6.45) is 7.24. The molecular weight excluding hydrogens is 176 g/mol. The minimum Gasteiger partial charge on any atom is -0.380 e. The van der Waals surface area contributed by atoms with Crippen LogP contribution in [0.3, 0.4) is 0 Å². The summed E-state index contributed by atoms with van der Waals surface area (Å²) in [6, 6.07) is 2.13. The number of ether oxygens (including phenoxy) is 1. The van der Waals surface area contributed by atoms with Crippen LogP contribution in [0.15, 0.2) is 0 Å². The van der Waals surface area contributed by atoms with Crippen molar-refractivity contribution >= 4 is 0 Å². The first-order valence-electron chi connectivity index (χ1n) is 5.50. The summed E-state index contributed by atoms with van der Waals surface area (Å²) in [5.41, 5.74) is 6.08. The van der Waals surface area contributed by atoms with E-state index in [0.717, 1.165) is 32.3 Å². The Morgan fingerprint density at radius 1 is 1.29 bits per heavy atom. The third-order valence-electron chi connectivity index (χ3n) is 2.82. The highest BCUT2D eigenvalue weighted by Crippen LogP contribution is 2.27. The van der Waals surface area contributed by atoms with Crippen molar-refractivity contribution in [3.63, 3.8) is 0 Å². The van der Waals surface area contributed by atoms with Gasteiger partial charge in [0, 0.05) is 18.6 Å². The average Bonchev–Trinajstić information content (AvgIpc) is 2.59. The van der Waals surface area contributed by atoms with Crippen LogP contribution in [0.1, 0.15) is 44.9 Å². The summed E-state index contributed by atoms with van der Waals surface area (Å²) < 4.78 is 5.53. The van der Waals surface area contributed by atoms with E-state index in [9.17, 15) is 0 Å². The first-order chi connectivity index (χ1) is 6.77. The number of hydrogen-bond acceptors (Lipinski definition) is 3. The van der Waals surface area contributed by atoms with Crippen LogP contribution in [0, 0.1) is 11.3 Å². The lowest BCUT2D eigenvalue weighted by Crippen LogP contribution is -2.41. The maximum absolute atomic E-state index is 8.33. The molecule has 0 aliphatic heterocycles. The molecule has 0 aromatic heterocycles. The van der Waals surface area contributed by atoms with E-state index >= 15 is 0 Å². The second-order valence-electron chi connectivity index (χ2n) is 4.24. The molecular formula is C11H20N2O. The van der Waals surface area contributed by atoms with Crippen molar-refractivity contribution in [1.29, 1.82) is 5.26 Å². The molecule has 14 heavy (non-hydrogen) atoms. The Morgan fingerprint density at radius 2 is 2.00 bits per heavy atom. The standard InChI is InChI=1S/C11H20N2O/c12-8-4-1-5-9-14-10-11(13)6-2-3-7-11/h1-7,9-10,13H2. The van der Waals surface area contributed by atoms with E-state index in [1.165, 1.54) is 12.8 Å². The summed E-state index contributed by atoms with van der Waals surface area (Å²) in [4.78, 5) is 0. The number of hydrogen-bond donors (Lipinski definition) is 1. The fourth-order valence-corrected chi connectivity index (χ4v) is 1.91. The Balaban J connectivity index is 1.96. The lowest BCUT2D eigenvalue weighted by molar-refractivity contribution is 0.0843. The summed E-state index contributed by atoms with van der Waals surface area (Å²) in [7, 11) is 0. The van der Waals surface area contributed by atoms with Crippen molar-refractivity contribution < 1.29 is 4.74 Å². The van der Waals surface area contributed by atoms with Gasteiger partial charge in [-0.15, -0.1) is 0 Å². The Hall–Kier alpha value is -0.590. The molecule has 0 heterocycles. The number of nitrogens with zero attached hydrogens (tertiary/aromatic N) is 1. The maximum Gasteiger partial charge on any atom is 0.0646 e. The van der Waals surface area contributed by atoms with Gasteiger partial charge >= 0.3 is 0 Å². The van der Waals surface area contributed by atoms with E-state index in [4.69, 9.17) is 15.7 Å². The highest BCUT2D eigenvalue weighted by atomic mass is 16.5.